The summed E-state index contributed by atoms with van der Waals surface area (Å²) < 4.78 is 0. The van der Waals surface area contributed by atoms with Gasteiger partial charge in [-0.25, -0.2) is 0 Å². The zero-order valence-electron chi connectivity index (χ0n) is 9.99. The van der Waals surface area contributed by atoms with E-state index in [1.165, 1.54) is 4.88 Å². The fraction of sp³-hybridized carbons (Fsp3) is 0.583. The topological polar surface area (TPSA) is 24.4 Å². The molecule has 0 amide bonds. The molecule has 2 heterocycles. The highest BCUT2D eigenvalue weighted by Crippen LogP contribution is 2.27. The molecule has 0 fully saturated rings. The molecule has 1 unspecified atom stereocenters. The average molecular weight is 254 g/mol. The van der Waals surface area contributed by atoms with Crippen LogP contribution in [0.5, 0.6) is 0 Å². The number of rotatable bonds is 3. The van der Waals surface area contributed by atoms with E-state index in [9.17, 15) is 0 Å². The predicted octanol–water partition coefficient (Wildman–Crippen LogP) is 3.11. The Bertz CT molecular complexity index is 368. The monoisotopic (exact) mass is 254 g/mol. The maximum atomic E-state index is 4.47. The van der Waals surface area contributed by atoms with Crippen LogP contribution in [0.4, 0.5) is 0 Å². The molecular formula is C12H18N2S2. The minimum atomic E-state index is 0.184. The molecule has 0 saturated carbocycles. The Morgan fingerprint density at radius 1 is 1.56 bits per heavy atom. The number of aliphatic imine (C=N–C) groups is 1. The van der Waals surface area contributed by atoms with Gasteiger partial charge in [0, 0.05) is 22.1 Å². The molecule has 1 aromatic rings. The number of nitrogens with one attached hydrogen (secondary N) is 1. The second kappa shape index (κ2) is 4.80. The lowest BCUT2D eigenvalue weighted by atomic mass is 9.92. The van der Waals surface area contributed by atoms with Crippen molar-refractivity contribution in [2.45, 2.75) is 31.4 Å². The molecule has 1 aliphatic heterocycles. The largest absolute Gasteiger partial charge is 0.364 e. The van der Waals surface area contributed by atoms with Gasteiger partial charge in [-0.1, -0.05) is 38.6 Å². The van der Waals surface area contributed by atoms with E-state index < -0.39 is 0 Å². The van der Waals surface area contributed by atoms with E-state index in [-0.39, 0.29) is 5.41 Å². The summed E-state index contributed by atoms with van der Waals surface area (Å²) in [5.41, 5.74) is 0.184. The number of hydrogen-bond donors (Lipinski definition) is 1. The standard InChI is InChI=1S/C12H18N2S2/c1-9-7-13-11(16-9)14-8-12(2,3)10-5-4-6-15-10/h4-6,9H,7-8H2,1-3H3,(H,13,14). The smallest absolute Gasteiger partial charge is 0.156 e. The van der Waals surface area contributed by atoms with Gasteiger partial charge in [0.2, 0.25) is 0 Å². The minimum Gasteiger partial charge on any atom is -0.364 e. The van der Waals surface area contributed by atoms with Crippen LogP contribution in [-0.4, -0.2) is 23.5 Å². The quantitative estimate of drug-likeness (QED) is 0.896. The third kappa shape index (κ3) is 2.80. The summed E-state index contributed by atoms with van der Waals surface area (Å²) in [5, 5.41) is 7.34. The van der Waals surface area contributed by atoms with Crippen LogP contribution in [0.3, 0.4) is 0 Å². The van der Waals surface area contributed by atoms with E-state index in [0.29, 0.717) is 5.25 Å². The molecule has 1 atom stereocenters. The van der Waals surface area contributed by atoms with Crippen molar-refractivity contribution < 1.29 is 0 Å². The van der Waals surface area contributed by atoms with Crippen molar-refractivity contribution in [2.24, 2.45) is 4.99 Å². The Morgan fingerprint density at radius 2 is 2.38 bits per heavy atom. The van der Waals surface area contributed by atoms with Gasteiger partial charge in [0.25, 0.3) is 0 Å². The summed E-state index contributed by atoms with van der Waals surface area (Å²) >= 11 is 3.67. The molecule has 0 spiro atoms. The van der Waals surface area contributed by atoms with E-state index in [0.717, 1.165) is 18.3 Å². The first-order valence-corrected chi connectivity index (χ1v) is 7.33. The van der Waals surface area contributed by atoms with Gasteiger partial charge in [0.1, 0.15) is 0 Å². The van der Waals surface area contributed by atoms with Crippen LogP contribution in [0.15, 0.2) is 22.5 Å². The Balaban J connectivity index is 1.90. The lowest BCUT2D eigenvalue weighted by Gasteiger charge is -2.24. The SMILES string of the molecule is CC1CN=C(NCC(C)(C)c2cccs2)S1. The molecule has 16 heavy (non-hydrogen) atoms. The Labute approximate surface area is 106 Å². The highest BCUT2D eigenvalue weighted by Gasteiger charge is 2.23. The summed E-state index contributed by atoms with van der Waals surface area (Å²) in [5.74, 6) is 0. The number of thiophene rings is 1. The Morgan fingerprint density at radius 3 is 2.94 bits per heavy atom. The molecule has 0 radical (unpaired) electrons. The molecule has 2 rings (SSSR count). The zero-order valence-corrected chi connectivity index (χ0v) is 11.6. The number of hydrogen-bond acceptors (Lipinski definition) is 4. The molecule has 1 aromatic heterocycles. The van der Waals surface area contributed by atoms with Crippen molar-refractivity contribution in [3.8, 4) is 0 Å². The maximum Gasteiger partial charge on any atom is 0.156 e. The molecule has 1 aliphatic rings. The van der Waals surface area contributed by atoms with Gasteiger partial charge in [0.05, 0.1) is 6.54 Å². The molecule has 2 nitrogen and oxygen atoms in total. The summed E-state index contributed by atoms with van der Waals surface area (Å²) in [4.78, 5) is 5.90. The molecule has 0 saturated heterocycles. The van der Waals surface area contributed by atoms with Gasteiger partial charge in [-0.2, -0.15) is 0 Å². The van der Waals surface area contributed by atoms with Crippen LogP contribution in [0.1, 0.15) is 25.6 Å². The summed E-state index contributed by atoms with van der Waals surface area (Å²) in [6.45, 7) is 8.66. The zero-order chi connectivity index (χ0) is 11.6. The van der Waals surface area contributed by atoms with Crippen molar-refractivity contribution in [3.05, 3.63) is 22.4 Å². The van der Waals surface area contributed by atoms with Crippen molar-refractivity contribution in [1.82, 2.24) is 5.32 Å². The van der Waals surface area contributed by atoms with E-state index >= 15 is 0 Å². The lowest BCUT2D eigenvalue weighted by molar-refractivity contribution is 0.525. The highest BCUT2D eigenvalue weighted by atomic mass is 32.2. The fourth-order valence-corrected chi connectivity index (χ4v) is 3.31. The van der Waals surface area contributed by atoms with Crippen molar-refractivity contribution in [3.63, 3.8) is 0 Å². The van der Waals surface area contributed by atoms with E-state index in [2.05, 4.69) is 48.6 Å². The molecule has 4 heteroatoms. The van der Waals surface area contributed by atoms with Gasteiger partial charge in [-0.05, 0) is 11.4 Å². The summed E-state index contributed by atoms with van der Waals surface area (Å²) in [7, 11) is 0. The molecule has 88 valence electrons. The molecule has 0 aliphatic carbocycles. The number of amidine groups is 1. The maximum absolute atomic E-state index is 4.47. The van der Waals surface area contributed by atoms with E-state index in [1.807, 2.05) is 23.1 Å². The van der Waals surface area contributed by atoms with Crippen LogP contribution in [0, 0.1) is 0 Å². The van der Waals surface area contributed by atoms with Gasteiger partial charge < -0.3 is 5.32 Å². The van der Waals surface area contributed by atoms with Crippen molar-refractivity contribution >= 4 is 28.3 Å². The first-order chi connectivity index (χ1) is 7.58. The van der Waals surface area contributed by atoms with Crippen LogP contribution >= 0.6 is 23.1 Å². The molecule has 0 bridgehead atoms. The predicted molar refractivity (Wildman–Crippen MR) is 74.7 cm³/mol. The fourth-order valence-electron chi connectivity index (χ4n) is 1.62. The first-order valence-electron chi connectivity index (χ1n) is 5.57. The van der Waals surface area contributed by atoms with Crippen LogP contribution in [0.2, 0.25) is 0 Å². The lowest BCUT2D eigenvalue weighted by Crippen LogP contribution is -2.34. The van der Waals surface area contributed by atoms with Crippen LogP contribution in [-0.2, 0) is 5.41 Å². The van der Waals surface area contributed by atoms with Gasteiger partial charge in [-0.15, -0.1) is 11.3 Å². The third-order valence-corrected chi connectivity index (χ3v) is 4.96. The summed E-state index contributed by atoms with van der Waals surface area (Å²) in [6, 6.07) is 4.32. The van der Waals surface area contributed by atoms with Gasteiger partial charge >= 0.3 is 0 Å². The number of thioether (sulfide) groups is 1. The molecule has 0 aromatic carbocycles. The normalized spacial score (nSPS) is 20.9. The van der Waals surface area contributed by atoms with Gasteiger partial charge in [0.15, 0.2) is 5.17 Å². The Hall–Kier alpha value is -0.480. The Kier molecular flexibility index (Phi) is 3.60. The van der Waals surface area contributed by atoms with Crippen LogP contribution in [0.25, 0.3) is 0 Å². The van der Waals surface area contributed by atoms with Gasteiger partial charge in [-0.3, -0.25) is 4.99 Å². The molecular weight excluding hydrogens is 236 g/mol. The van der Waals surface area contributed by atoms with Crippen LogP contribution < -0.4 is 5.32 Å². The average Bonchev–Trinajstić information content (AvgIpc) is 2.85. The van der Waals surface area contributed by atoms with Crippen molar-refractivity contribution in [2.75, 3.05) is 13.1 Å². The van der Waals surface area contributed by atoms with Crippen molar-refractivity contribution in [1.29, 1.82) is 0 Å². The second-order valence-electron chi connectivity index (χ2n) is 4.79. The third-order valence-electron chi connectivity index (χ3n) is 2.67. The number of nitrogens with zero attached hydrogens (tertiary/aromatic N) is 1. The highest BCUT2D eigenvalue weighted by molar-refractivity contribution is 8.14. The van der Waals surface area contributed by atoms with E-state index in [1.54, 1.807) is 0 Å². The minimum absolute atomic E-state index is 0.184. The second-order valence-corrected chi connectivity index (χ2v) is 7.16. The molecule has 1 N–H and O–H groups in total. The summed E-state index contributed by atoms with van der Waals surface area (Å²) in [6.07, 6.45) is 0. The first kappa shape index (κ1) is 12.0. The van der Waals surface area contributed by atoms with E-state index in [4.69, 9.17) is 0 Å².